The summed E-state index contributed by atoms with van der Waals surface area (Å²) in [6.07, 6.45) is 5.26. The highest BCUT2D eigenvalue weighted by Crippen LogP contribution is 2.01. The Labute approximate surface area is 84.1 Å². The Morgan fingerprint density at radius 1 is 1.64 bits per heavy atom. The number of amides is 1. The van der Waals surface area contributed by atoms with Gasteiger partial charge in [0.1, 0.15) is 0 Å². The molecule has 0 aromatic carbocycles. The first kappa shape index (κ1) is 10.8. The van der Waals surface area contributed by atoms with Gasteiger partial charge < -0.3 is 15.6 Å². The van der Waals surface area contributed by atoms with E-state index < -0.39 is 0 Å². The van der Waals surface area contributed by atoms with Gasteiger partial charge in [-0.2, -0.15) is 0 Å². The Bertz CT molecular complexity index is 293. The lowest BCUT2D eigenvalue weighted by atomic mass is 10.3. The number of hydrogen-bond acceptors (Lipinski definition) is 2. The molecule has 1 rings (SSSR count). The van der Waals surface area contributed by atoms with Crippen molar-refractivity contribution < 1.29 is 4.79 Å². The maximum absolute atomic E-state index is 10.5. The molecule has 14 heavy (non-hydrogen) atoms. The summed E-state index contributed by atoms with van der Waals surface area (Å²) in [6, 6.07) is 2.05. The number of rotatable bonds is 6. The standard InChI is InChI=1S/C10H17N3O/c1-2-4-13-5-3-9(8-13)6-12-7-10(11)14/h3,5,8,12H,2,4,6-7H2,1H3,(H2,11,14). The highest BCUT2D eigenvalue weighted by molar-refractivity contribution is 5.75. The Morgan fingerprint density at radius 3 is 3.07 bits per heavy atom. The van der Waals surface area contributed by atoms with E-state index in [0.717, 1.165) is 13.0 Å². The molecule has 1 amide bonds. The van der Waals surface area contributed by atoms with Crippen LogP contribution in [-0.4, -0.2) is 17.0 Å². The van der Waals surface area contributed by atoms with Crippen molar-refractivity contribution in [1.29, 1.82) is 0 Å². The van der Waals surface area contributed by atoms with Crippen molar-refractivity contribution in [3.05, 3.63) is 24.0 Å². The zero-order valence-corrected chi connectivity index (χ0v) is 8.49. The molecule has 1 aromatic rings. The van der Waals surface area contributed by atoms with Gasteiger partial charge in [-0.3, -0.25) is 4.79 Å². The summed E-state index contributed by atoms with van der Waals surface area (Å²) in [7, 11) is 0. The molecule has 4 nitrogen and oxygen atoms in total. The molecule has 0 spiro atoms. The molecule has 0 unspecified atom stereocenters. The molecule has 1 heterocycles. The molecule has 0 aliphatic carbocycles. The topological polar surface area (TPSA) is 60.1 Å². The van der Waals surface area contributed by atoms with Crippen molar-refractivity contribution in [2.24, 2.45) is 5.73 Å². The average molecular weight is 195 g/mol. The molecule has 0 atom stereocenters. The Morgan fingerprint density at radius 2 is 2.43 bits per heavy atom. The Balaban J connectivity index is 2.32. The minimum Gasteiger partial charge on any atom is -0.369 e. The van der Waals surface area contributed by atoms with E-state index in [2.05, 4.69) is 23.0 Å². The zero-order chi connectivity index (χ0) is 10.4. The fourth-order valence-corrected chi connectivity index (χ4v) is 1.32. The van der Waals surface area contributed by atoms with Gasteiger partial charge >= 0.3 is 0 Å². The zero-order valence-electron chi connectivity index (χ0n) is 8.49. The first-order valence-corrected chi connectivity index (χ1v) is 4.86. The van der Waals surface area contributed by atoms with Crippen LogP contribution in [0.25, 0.3) is 0 Å². The number of carbonyl (C=O) groups is 1. The van der Waals surface area contributed by atoms with Gasteiger partial charge in [-0.05, 0) is 18.1 Å². The highest BCUT2D eigenvalue weighted by atomic mass is 16.1. The summed E-state index contributed by atoms with van der Waals surface area (Å²) in [5.41, 5.74) is 6.18. The summed E-state index contributed by atoms with van der Waals surface area (Å²) in [4.78, 5) is 10.5. The van der Waals surface area contributed by atoms with Gasteiger partial charge in [0.2, 0.25) is 5.91 Å². The second kappa shape index (κ2) is 5.44. The predicted octanol–water partition coefficient (Wildman–Crippen LogP) is 0.473. The van der Waals surface area contributed by atoms with Crippen LogP contribution in [0, 0.1) is 0 Å². The molecule has 0 radical (unpaired) electrons. The second-order valence-corrected chi connectivity index (χ2v) is 3.33. The number of aromatic nitrogens is 1. The average Bonchev–Trinajstić information content (AvgIpc) is 2.53. The van der Waals surface area contributed by atoms with Gasteiger partial charge in [-0.25, -0.2) is 0 Å². The van der Waals surface area contributed by atoms with E-state index in [1.165, 1.54) is 5.56 Å². The van der Waals surface area contributed by atoms with Gasteiger partial charge in [0.15, 0.2) is 0 Å². The van der Waals surface area contributed by atoms with E-state index in [0.29, 0.717) is 6.54 Å². The van der Waals surface area contributed by atoms with Crippen molar-refractivity contribution in [1.82, 2.24) is 9.88 Å². The largest absolute Gasteiger partial charge is 0.369 e. The number of aryl methyl sites for hydroxylation is 1. The number of nitrogens with one attached hydrogen (secondary N) is 1. The van der Waals surface area contributed by atoms with Crippen molar-refractivity contribution in [3.63, 3.8) is 0 Å². The summed E-state index contributed by atoms with van der Waals surface area (Å²) in [5, 5.41) is 2.97. The van der Waals surface area contributed by atoms with Crippen LogP contribution in [0.5, 0.6) is 0 Å². The number of nitrogens with zero attached hydrogens (tertiary/aromatic N) is 1. The highest BCUT2D eigenvalue weighted by Gasteiger charge is 1.97. The summed E-state index contributed by atoms with van der Waals surface area (Å²) in [5.74, 6) is -0.321. The maximum Gasteiger partial charge on any atom is 0.231 e. The van der Waals surface area contributed by atoms with Crippen LogP contribution in [0.4, 0.5) is 0 Å². The van der Waals surface area contributed by atoms with Crippen LogP contribution in [0.3, 0.4) is 0 Å². The summed E-state index contributed by atoms with van der Waals surface area (Å²) in [6.45, 7) is 4.11. The van der Waals surface area contributed by atoms with Crippen molar-refractivity contribution in [3.8, 4) is 0 Å². The number of nitrogens with two attached hydrogens (primary N) is 1. The number of primary amides is 1. The minimum atomic E-state index is -0.321. The molecular weight excluding hydrogens is 178 g/mol. The van der Waals surface area contributed by atoms with Crippen LogP contribution < -0.4 is 11.1 Å². The van der Waals surface area contributed by atoms with Gasteiger partial charge in [0.05, 0.1) is 6.54 Å². The van der Waals surface area contributed by atoms with Crippen LogP contribution in [0.15, 0.2) is 18.5 Å². The number of hydrogen-bond donors (Lipinski definition) is 2. The monoisotopic (exact) mass is 195 g/mol. The maximum atomic E-state index is 10.5. The SMILES string of the molecule is CCCn1ccc(CNCC(N)=O)c1. The molecule has 78 valence electrons. The van der Waals surface area contributed by atoms with E-state index in [1.54, 1.807) is 0 Å². The van der Waals surface area contributed by atoms with Gasteiger partial charge in [0, 0.05) is 25.5 Å². The second-order valence-electron chi connectivity index (χ2n) is 3.33. The molecule has 3 N–H and O–H groups in total. The van der Waals surface area contributed by atoms with E-state index in [1.807, 2.05) is 12.3 Å². The molecule has 0 bridgehead atoms. The normalized spacial score (nSPS) is 10.4. The third-order valence-corrected chi connectivity index (χ3v) is 1.92. The molecule has 0 aliphatic heterocycles. The first-order valence-electron chi connectivity index (χ1n) is 4.86. The molecule has 0 saturated heterocycles. The molecule has 1 aromatic heterocycles. The fourth-order valence-electron chi connectivity index (χ4n) is 1.32. The van der Waals surface area contributed by atoms with E-state index in [-0.39, 0.29) is 12.5 Å². The van der Waals surface area contributed by atoms with E-state index >= 15 is 0 Å². The van der Waals surface area contributed by atoms with Gasteiger partial charge in [0.25, 0.3) is 0 Å². The van der Waals surface area contributed by atoms with Gasteiger partial charge in [-0.15, -0.1) is 0 Å². The van der Waals surface area contributed by atoms with E-state index in [4.69, 9.17) is 5.73 Å². The molecule has 4 heteroatoms. The van der Waals surface area contributed by atoms with E-state index in [9.17, 15) is 4.79 Å². The third kappa shape index (κ3) is 3.62. The van der Waals surface area contributed by atoms with Gasteiger partial charge in [-0.1, -0.05) is 6.92 Å². The summed E-state index contributed by atoms with van der Waals surface area (Å²) >= 11 is 0. The molecule has 0 aliphatic rings. The van der Waals surface area contributed by atoms with Crippen molar-refractivity contribution >= 4 is 5.91 Å². The van der Waals surface area contributed by atoms with Crippen LogP contribution in [0.2, 0.25) is 0 Å². The first-order chi connectivity index (χ1) is 6.72. The van der Waals surface area contributed by atoms with Crippen LogP contribution in [-0.2, 0) is 17.9 Å². The van der Waals surface area contributed by atoms with Crippen LogP contribution >= 0.6 is 0 Å². The summed E-state index contributed by atoms with van der Waals surface area (Å²) < 4.78 is 2.14. The number of carbonyl (C=O) groups excluding carboxylic acids is 1. The lowest BCUT2D eigenvalue weighted by Crippen LogP contribution is -2.27. The molecular formula is C10H17N3O. The Hall–Kier alpha value is -1.29. The fraction of sp³-hybridized carbons (Fsp3) is 0.500. The van der Waals surface area contributed by atoms with Crippen LogP contribution in [0.1, 0.15) is 18.9 Å². The smallest absolute Gasteiger partial charge is 0.231 e. The Kier molecular flexibility index (Phi) is 4.19. The lowest BCUT2D eigenvalue weighted by molar-refractivity contribution is -0.117. The van der Waals surface area contributed by atoms with Crippen molar-refractivity contribution in [2.45, 2.75) is 26.4 Å². The minimum absolute atomic E-state index is 0.235. The predicted molar refractivity (Wildman–Crippen MR) is 55.6 cm³/mol. The molecule has 0 saturated carbocycles. The van der Waals surface area contributed by atoms with Crippen molar-refractivity contribution in [2.75, 3.05) is 6.54 Å². The molecule has 0 fully saturated rings. The third-order valence-electron chi connectivity index (χ3n) is 1.92. The lowest BCUT2D eigenvalue weighted by Gasteiger charge is -2.00. The quantitative estimate of drug-likeness (QED) is 0.693.